The number of rotatable bonds is 5. The molecular weight excluding hydrogens is 366 g/mol. The van der Waals surface area contributed by atoms with Crippen molar-refractivity contribution in [2.24, 2.45) is 0 Å². The average Bonchev–Trinajstić information content (AvgIpc) is 3.37. The lowest BCUT2D eigenvalue weighted by Crippen LogP contribution is -2.29. The zero-order valence-corrected chi connectivity index (χ0v) is 16.7. The van der Waals surface area contributed by atoms with Gasteiger partial charge in [0.1, 0.15) is 17.3 Å². The van der Waals surface area contributed by atoms with Crippen LogP contribution in [0.1, 0.15) is 25.7 Å². The standard InChI is InChI=1S/C22H25N5O2/c1-28-16-5-3-15(4-6-16)24-21-9-10-22-23-13-20(27(22)26-21)19-12-14-11-17(29-2)7-8-18(14)25-19/h7-13,15-16,25H,3-6H2,1-2H3,(H,24,26)/t15-,16-. The van der Waals surface area contributed by atoms with Crippen LogP contribution in [0.2, 0.25) is 0 Å². The van der Waals surface area contributed by atoms with E-state index in [1.807, 2.05) is 41.0 Å². The normalized spacial score (nSPS) is 19.7. The van der Waals surface area contributed by atoms with Crippen molar-refractivity contribution in [3.63, 3.8) is 0 Å². The van der Waals surface area contributed by atoms with E-state index < -0.39 is 0 Å². The van der Waals surface area contributed by atoms with E-state index in [0.717, 1.165) is 65.2 Å². The van der Waals surface area contributed by atoms with Crippen molar-refractivity contribution in [1.29, 1.82) is 0 Å². The zero-order chi connectivity index (χ0) is 19.8. The molecule has 4 aromatic rings. The molecule has 3 heterocycles. The molecule has 1 saturated carbocycles. The number of H-pyrrole nitrogens is 1. The molecule has 0 atom stereocenters. The third-order valence-electron chi connectivity index (χ3n) is 5.83. The lowest BCUT2D eigenvalue weighted by atomic mass is 9.93. The van der Waals surface area contributed by atoms with Gasteiger partial charge in [0.25, 0.3) is 0 Å². The van der Waals surface area contributed by atoms with Gasteiger partial charge in [-0.2, -0.15) is 0 Å². The number of fused-ring (bicyclic) bond motifs is 2. The van der Waals surface area contributed by atoms with Crippen LogP contribution in [0.3, 0.4) is 0 Å². The van der Waals surface area contributed by atoms with Crippen LogP contribution in [0.5, 0.6) is 5.75 Å². The van der Waals surface area contributed by atoms with E-state index in [1.165, 1.54) is 0 Å². The summed E-state index contributed by atoms with van der Waals surface area (Å²) >= 11 is 0. The largest absolute Gasteiger partial charge is 0.497 e. The molecule has 0 radical (unpaired) electrons. The highest BCUT2D eigenvalue weighted by Crippen LogP contribution is 2.28. The zero-order valence-electron chi connectivity index (χ0n) is 16.7. The number of methoxy groups -OCH3 is 2. The molecule has 1 fully saturated rings. The minimum absolute atomic E-state index is 0.393. The molecular formula is C22H25N5O2. The Morgan fingerprint density at radius 1 is 1.07 bits per heavy atom. The number of imidazole rings is 1. The first-order chi connectivity index (χ1) is 14.2. The maximum atomic E-state index is 5.47. The van der Waals surface area contributed by atoms with Crippen LogP contribution < -0.4 is 10.1 Å². The van der Waals surface area contributed by atoms with Gasteiger partial charge in [0.15, 0.2) is 5.65 Å². The highest BCUT2D eigenvalue weighted by atomic mass is 16.5. The summed E-state index contributed by atoms with van der Waals surface area (Å²) in [6, 6.07) is 12.5. The van der Waals surface area contributed by atoms with Crippen molar-refractivity contribution in [2.75, 3.05) is 19.5 Å². The van der Waals surface area contributed by atoms with E-state index in [1.54, 1.807) is 14.2 Å². The first-order valence-corrected chi connectivity index (χ1v) is 10.0. The SMILES string of the molecule is COc1ccc2[nH]c(-c3cnc4ccc(N[C@H]5CC[C@H](OC)CC5)nn34)cc2c1. The van der Waals surface area contributed by atoms with Crippen molar-refractivity contribution in [1.82, 2.24) is 19.6 Å². The Morgan fingerprint density at radius 2 is 1.93 bits per heavy atom. The second-order valence-electron chi connectivity index (χ2n) is 7.62. The first kappa shape index (κ1) is 18.0. The minimum atomic E-state index is 0.393. The third-order valence-corrected chi connectivity index (χ3v) is 5.83. The van der Waals surface area contributed by atoms with Crippen LogP contribution in [0, 0.1) is 0 Å². The highest BCUT2D eigenvalue weighted by molar-refractivity contribution is 5.86. The molecule has 0 spiro atoms. The summed E-state index contributed by atoms with van der Waals surface area (Å²) in [5, 5.41) is 9.50. The molecule has 7 nitrogen and oxygen atoms in total. The monoisotopic (exact) mass is 391 g/mol. The van der Waals surface area contributed by atoms with Gasteiger partial charge in [-0.3, -0.25) is 0 Å². The molecule has 0 saturated heterocycles. The van der Waals surface area contributed by atoms with E-state index in [0.29, 0.717) is 12.1 Å². The van der Waals surface area contributed by atoms with E-state index in [9.17, 15) is 0 Å². The summed E-state index contributed by atoms with van der Waals surface area (Å²) in [4.78, 5) is 7.98. The van der Waals surface area contributed by atoms with E-state index in [-0.39, 0.29) is 0 Å². The Kier molecular flexibility index (Phi) is 4.60. The highest BCUT2D eigenvalue weighted by Gasteiger charge is 2.21. The van der Waals surface area contributed by atoms with Crippen LogP contribution in [0.15, 0.2) is 42.6 Å². The number of aromatic nitrogens is 4. The predicted octanol–water partition coefficient (Wildman–Crippen LogP) is 4.26. The average molecular weight is 391 g/mol. The van der Waals surface area contributed by atoms with Crippen molar-refractivity contribution >= 4 is 22.4 Å². The van der Waals surface area contributed by atoms with Gasteiger partial charge in [-0.1, -0.05) is 0 Å². The van der Waals surface area contributed by atoms with Crippen LogP contribution in [0.4, 0.5) is 5.82 Å². The summed E-state index contributed by atoms with van der Waals surface area (Å²) in [6.07, 6.45) is 6.62. The fraction of sp³-hybridized carbons (Fsp3) is 0.364. The van der Waals surface area contributed by atoms with Gasteiger partial charge in [0.05, 0.1) is 25.1 Å². The predicted molar refractivity (Wildman–Crippen MR) is 114 cm³/mol. The number of hydrogen-bond acceptors (Lipinski definition) is 5. The molecule has 5 rings (SSSR count). The van der Waals surface area contributed by atoms with Crippen molar-refractivity contribution in [3.8, 4) is 17.1 Å². The molecule has 0 amide bonds. The summed E-state index contributed by atoms with van der Waals surface area (Å²) in [6.45, 7) is 0. The molecule has 0 unspecified atom stereocenters. The molecule has 3 aromatic heterocycles. The second-order valence-corrected chi connectivity index (χ2v) is 7.62. The smallest absolute Gasteiger partial charge is 0.154 e. The van der Waals surface area contributed by atoms with E-state index in [2.05, 4.69) is 21.4 Å². The van der Waals surface area contributed by atoms with Gasteiger partial charge in [-0.15, -0.1) is 5.10 Å². The Balaban J connectivity index is 1.44. The van der Waals surface area contributed by atoms with E-state index in [4.69, 9.17) is 14.6 Å². The number of anilines is 1. The molecule has 1 aliphatic carbocycles. The number of nitrogens with zero attached hydrogens (tertiary/aromatic N) is 3. The Morgan fingerprint density at radius 3 is 2.72 bits per heavy atom. The fourth-order valence-electron chi connectivity index (χ4n) is 4.16. The quantitative estimate of drug-likeness (QED) is 0.532. The van der Waals surface area contributed by atoms with Crippen molar-refractivity contribution < 1.29 is 9.47 Å². The topological polar surface area (TPSA) is 76.5 Å². The van der Waals surface area contributed by atoms with Crippen LogP contribution in [-0.4, -0.2) is 45.9 Å². The Hall–Kier alpha value is -3.06. The Bertz CT molecular complexity index is 1140. The summed E-state index contributed by atoms with van der Waals surface area (Å²) in [7, 11) is 3.48. The molecule has 1 aromatic carbocycles. The second kappa shape index (κ2) is 7.40. The van der Waals surface area contributed by atoms with Gasteiger partial charge in [-0.25, -0.2) is 9.50 Å². The molecule has 1 aliphatic rings. The van der Waals surface area contributed by atoms with Gasteiger partial charge < -0.3 is 19.8 Å². The first-order valence-electron chi connectivity index (χ1n) is 10.0. The molecule has 29 heavy (non-hydrogen) atoms. The molecule has 150 valence electrons. The van der Waals surface area contributed by atoms with Crippen molar-refractivity contribution in [2.45, 2.75) is 37.8 Å². The summed E-state index contributed by atoms with van der Waals surface area (Å²) < 4.78 is 12.7. The van der Waals surface area contributed by atoms with Crippen LogP contribution in [0.25, 0.3) is 27.9 Å². The van der Waals surface area contributed by atoms with Crippen LogP contribution >= 0.6 is 0 Å². The van der Waals surface area contributed by atoms with Gasteiger partial charge in [-0.05, 0) is 62.1 Å². The molecule has 0 bridgehead atoms. The number of benzene rings is 1. The Labute approximate surface area is 169 Å². The summed E-state index contributed by atoms with van der Waals surface area (Å²) in [5.74, 6) is 1.71. The molecule has 7 heteroatoms. The lowest BCUT2D eigenvalue weighted by molar-refractivity contribution is 0.0681. The number of aromatic amines is 1. The maximum Gasteiger partial charge on any atom is 0.154 e. The number of nitrogens with one attached hydrogen (secondary N) is 2. The van der Waals surface area contributed by atoms with Crippen molar-refractivity contribution in [3.05, 3.63) is 42.6 Å². The lowest BCUT2D eigenvalue weighted by Gasteiger charge is -2.28. The molecule has 2 N–H and O–H groups in total. The fourth-order valence-corrected chi connectivity index (χ4v) is 4.16. The van der Waals surface area contributed by atoms with Gasteiger partial charge in [0, 0.05) is 24.1 Å². The third kappa shape index (κ3) is 3.42. The maximum absolute atomic E-state index is 5.47. The number of hydrogen-bond donors (Lipinski definition) is 2. The molecule has 0 aliphatic heterocycles. The van der Waals surface area contributed by atoms with Gasteiger partial charge >= 0.3 is 0 Å². The number of ether oxygens (including phenoxy) is 2. The van der Waals surface area contributed by atoms with E-state index >= 15 is 0 Å². The summed E-state index contributed by atoms with van der Waals surface area (Å²) in [5.41, 5.74) is 3.79. The van der Waals surface area contributed by atoms with Crippen LogP contribution in [-0.2, 0) is 4.74 Å². The minimum Gasteiger partial charge on any atom is -0.497 e. The van der Waals surface area contributed by atoms with Gasteiger partial charge in [0.2, 0.25) is 0 Å².